The number of carbonyl (C=O) groups excluding carboxylic acids is 1. The SMILES string of the molecule is C/C=C/[C@@H]1[C@H](Cc2ccccc2)COC(=O)N1S(=O)(=O)c1ccc(C)cc1. The Bertz CT molecular complexity index is 920. The van der Waals surface area contributed by atoms with Crippen molar-refractivity contribution < 1.29 is 17.9 Å². The minimum absolute atomic E-state index is 0.0833. The number of carbonyl (C=O) groups is 1. The first-order valence-electron chi connectivity index (χ1n) is 8.88. The van der Waals surface area contributed by atoms with Gasteiger partial charge in [0.05, 0.1) is 17.5 Å². The maximum absolute atomic E-state index is 13.2. The minimum Gasteiger partial charge on any atom is -0.448 e. The van der Waals surface area contributed by atoms with Gasteiger partial charge < -0.3 is 4.74 Å². The van der Waals surface area contributed by atoms with Crippen LogP contribution in [0.4, 0.5) is 4.79 Å². The molecule has 1 saturated heterocycles. The summed E-state index contributed by atoms with van der Waals surface area (Å²) in [4.78, 5) is 12.5. The Labute approximate surface area is 160 Å². The second-order valence-electron chi connectivity index (χ2n) is 6.66. The smallest absolute Gasteiger partial charge is 0.424 e. The van der Waals surface area contributed by atoms with E-state index < -0.39 is 22.2 Å². The van der Waals surface area contributed by atoms with Crippen molar-refractivity contribution in [3.8, 4) is 0 Å². The molecule has 0 spiro atoms. The first-order valence-corrected chi connectivity index (χ1v) is 10.3. The molecule has 1 heterocycles. The summed E-state index contributed by atoms with van der Waals surface area (Å²) in [5, 5.41) is 0. The molecule has 0 N–H and O–H groups in total. The van der Waals surface area contributed by atoms with Crippen molar-refractivity contribution in [2.24, 2.45) is 5.92 Å². The van der Waals surface area contributed by atoms with E-state index in [1.54, 1.807) is 24.3 Å². The number of nitrogens with zero attached hydrogens (tertiary/aromatic N) is 1. The van der Waals surface area contributed by atoms with Crippen LogP contribution < -0.4 is 0 Å². The van der Waals surface area contributed by atoms with E-state index in [0.717, 1.165) is 15.4 Å². The van der Waals surface area contributed by atoms with Crippen LogP contribution in [0, 0.1) is 12.8 Å². The summed E-state index contributed by atoms with van der Waals surface area (Å²) >= 11 is 0. The lowest BCUT2D eigenvalue weighted by Crippen LogP contribution is -2.53. The van der Waals surface area contributed by atoms with Crippen molar-refractivity contribution in [2.75, 3.05) is 6.61 Å². The number of aryl methyl sites for hydroxylation is 1. The average Bonchev–Trinajstić information content (AvgIpc) is 2.65. The topological polar surface area (TPSA) is 63.7 Å². The molecule has 0 aliphatic carbocycles. The van der Waals surface area contributed by atoms with Gasteiger partial charge in [-0.25, -0.2) is 13.2 Å². The molecule has 1 fully saturated rings. The number of allylic oxidation sites excluding steroid dienone is 1. The third kappa shape index (κ3) is 4.06. The van der Waals surface area contributed by atoms with Crippen molar-refractivity contribution in [1.82, 2.24) is 4.31 Å². The molecule has 5 nitrogen and oxygen atoms in total. The summed E-state index contributed by atoms with van der Waals surface area (Å²) in [6.45, 7) is 3.88. The standard InChI is InChI=1S/C21H23NO4S/c1-3-7-20-18(14-17-8-5-4-6-9-17)15-26-21(23)22(20)27(24,25)19-12-10-16(2)11-13-19/h3-13,18,20H,14-15H2,1-2H3/b7-3+/t18-,20-/m1/s1. The van der Waals surface area contributed by atoms with Crippen molar-refractivity contribution in [3.63, 3.8) is 0 Å². The Kier molecular flexibility index (Phi) is 5.65. The number of benzene rings is 2. The van der Waals surface area contributed by atoms with Gasteiger partial charge in [0, 0.05) is 5.92 Å². The number of cyclic esters (lactones) is 1. The fraction of sp³-hybridized carbons (Fsp3) is 0.286. The van der Waals surface area contributed by atoms with Crippen LogP contribution in [0.5, 0.6) is 0 Å². The molecule has 1 aliphatic rings. The van der Waals surface area contributed by atoms with Crippen LogP contribution in [-0.4, -0.2) is 31.5 Å². The van der Waals surface area contributed by atoms with Gasteiger partial charge >= 0.3 is 6.09 Å². The lowest BCUT2D eigenvalue weighted by atomic mass is 9.91. The molecule has 27 heavy (non-hydrogen) atoms. The maximum Gasteiger partial charge on any atom is 0.424 e. The van der Waals surface area contributed by atoms with Gasteiger partial charge in [-0.3, -0.25) is 0 Å². The van der Waals surface area contributed by atoms with Gasteiger partial charge in [0.15, 0.2) is 0 Å². The van der Waals surface area contributed by atoms with Crippen LogP contribution in [0.3, 0.4) is 0 Å². The highest BCUT2D eigenvalue weighted by Crippen LogP contribution is 2.30. The van der Waals surface area contributed by atoms with Crippen molar-refractivity contribution in [2.45, 2.75) is 31.2 Å². The molecule has 3 rings (SSSR count). The maximum atomic E-state index is 13.2. The Morgan fingerprint density at radius 2 is 1.78 bits per heavy atom. The van der Waals surface area contributed by atoms with Crippen LogP contribution in [0.2, 0.25) is 0 Å². The minimum atomic E-state index is -4.02. The van der Waals surface area contributed by atoms with Gasteiger partial charge in [0.2, 0.25) is 0 Å². The second kappa shape index (κ2) is 7.96. The van der Waals surface area contributed by atoms with Crippen LogP contribution in [-0.2, 0) is 21.2 Å². The third-order valence-corrected chi connectivity index (χ3v) is 6.44. The zero-order valence-electron chi connectivity index (χ0n) is 15.4. The molecular weight excluding hydrogens is 362 g/mol. The number of rotatable bonds is 5. The highest BCUT2D eigenvalue weighted by molar-refractivity contribution is 7.89. The summed E-state index contributed by atoms with van der Waals surface area (Å²) in [7, 11) is -4.02. The summed E-state index contributed by atoms with van der Waals surface area (Å²) in [6.07, 6.45) is 3.32. The average molecular weight is 385 g/mol. The first kappa shape index (κ1) is 19.2. The number of hydrogen-bond donors (Lipinski definition) is 0. The second-order valence-corrected chi connectivity index (χ2v) is 8.47. The fourth-order valence-electron chi connectivity index (χ4n) is 3.26. The van der Waals surface area contributed by atoms with Gasteiger partial charge in [-0.2, -0.15) is 4.31 Å². The van der Waals surface area contributed by atoms with Crippen molar-refractivity contribution >= 4 is 16.1 Å². The molecule has 2 aromatic carbocycles. The van der Waals surface area contributed by atoms with Gasteiger partial charge in [0.25, 0.3) is 10.0 Å². The van der Waals surface area contributed by atoms with E-state index in [4.69, 9.17) is 4.74 Å². The zero-order valence-corrected chi connectivity index (χ0v) is 16.2. The highest BCUT2D eigenvalue weighted by Gasteiger charge is 2.43. The number of sulfonamides is 1. The molecule has 6 heteroatoms. The third-order valence-electron chi connectivity index (χ3n) is 4.66. The number of ether oxygens (including phenoxy) is 1. The fourth-order valence-corrected chi connectivity index (χ4v) is 4.78. The van der Waals surface area contributed by atoms with Crippen molar-refractivity contribution in [3.05, 3.63) is 77.9 Å². The summed E-state index contributed by atoms with van der Waals surface area (Å²) in [5.41, 5.74) is 2.02. The lowest BCUT2D eigenvalue weighted by Gasteiger charge is -2.38. The van der Waals surface area contributed by atoms with Gasteiger partial charge in [-0.15, -0.1) is 0 Å². The van der Waals surface area contributed by atoms with E-state index in [-0.39, 0.29) is 17.4 Å². The molecule has 0 radical (unpaired) electrons. The van der Waals surface area contributed by atoms with E-state index in [2.05, 4.69) is 0 Å². The first-order chi connectivity index (χ1) is 12.9. The van der Waals surface area contributed by atoms with E-state index >= 15 is 0 Å². The van der Waals surface area contributed by atoms with Crippen LogP contribution in [0.15, 0.2) is 71.6 Å². The van der Waals surface area contributed by atoms with Crippen molar-refractivity contribution in [1.29, 1.82) is 0 Å². The Balaban J connectivity index is 1.98. The van der Waals surface area contributed by atoms with E-state index in [0.29, 0.717) is 6.42 Å². The van der Waals surface area contributed by atoms with Crippen LogP contribution >= 0.6 is 0 Å². The Morgan fingerprint density at radius 1 is 1.11 bits per heavy atom. The van der Waals surface area contributed by atoms with E-state index in [1.807, 2.05) is 44.2 Å². The number of hydrogen-bond acceptors (Lipinski definition) is 4. The monoisotopic (exact) mass is 385 g/mol. The molecule has 0 aromatic heterocycles. The lowest BCUT2D eigenvalue weighted by molar-refractivity contribution is 0.0544. The molecule has 0 unspecified atom stereocenters. The molecule has 1 amide bonds. The summed E-state index contributed by atoms with van der Waals surface area (Å²) < 4.78 is 32.5. The summed E-state index contributed by atoms with van der Waals surface area (Å²) in [5.74, 6) is -0.165. The largest absolute Gasteiger partial charge is 0.448 e. The normalized spacial score (nSPS) is 20.7. The predicted octanol–water partition coefficient (Wildman–Crippen LogP) is 3.94. The number of amides is 1. The molecule has 142 valence electrons. The summed E-state index contributed by atoms with van der Waals surface area (Å²) in [6, 6.07) is 15.7. The predicted molar refractivity (Wildman–Crippen MR) is 104 cm³/mol. The molecule has 0 saturated carbocycles. The Hall–Kier alpha value is -2.60. The molecule has 2 atom stereocenters. The zero-order chi connectivity index (χ0) is 19.4. The van der Waals surface area contributed by atoms with E-state index in [1.165, 1.54) is 12.1 Å². The van der Waals surface area contributed by atoms with Gasteiger partial charge in [-0.05, 0) is 38.0 Å². The molecular formula is C21H23NO4S. The van der Waals surface area contributed by atoms with Gasteiger partial charge in [-0.1, -0.05) is 60.2 Å². The van der Waals surface area contributed by atoms with Crippen LogP contribution in [0.25, 0.3) is 0 Å². The van der Waals surface area contributed by atoms with Gasteiger partial charge in [0.1, 0.15) is 0 Å². The van der Waals surface area contributed by atoms with Crippen LogP contribution in [0.1, 0.15) is 18.1 Å². The highest BCUT2D eigenvalue weighted by atomic mass is 32.2. The molecule has 2 aromatic rings. The Morgan fingerprint density at radius 3 is 2.41 bits per heavy atom. The molecule has 1 aliphatic heterocycles. The molecule has 0 bridgehead atoms. The quantitative estimate of drug-likeness (QED) is 0.732. The van der Waals surface area contributed by atoms with E-state index in [9.17, 15) is 13.2 Å².